The molecule has 2 rings (SSSR count). The van der Waals surface area contributed by atoms with Crippen LogP contribution in [0, 0.1) is 0 Å². The van der Waals surface area contributed by atoms with Crippen LogP contribution in [-0.4, -0.2) is 20.3 Å². The summed E-state index contributed by atoms with van der Waals surface area (Å²) in [7, 11) is 0. The number of phenols is 3. The highest BCUT2D eigenvalue weighted by Gasteiger charge is 2.10. The molecule has 0 bridgehead atoms. The molecule has 1 heterocycles. The molecule has 5 nitrogen and oxygen atoms in total. The van der Waals surface area contributed by atoms with Gasteiger partial charge in [0.1, 0.15) is 5.15 Å². The van der Waals surface area contributed by atoms with E-state index in [4.69, 9.17) is 11.6 Å². The minimum absolute atomic E-state index is 0.278. The number of nitrogens with zero attached hydrogens (tertiary/aromatic N) is 1. The van der Waals surface area contributed by atoms with E-state index < -0.39 is 5.75 Å². The second kappa shape index (κ2) is 5.01. The van der Waals surface area contributed by atoms with Gasteiger partial charge in [0.15, 0.2) is 11.5 Å². The van der Waals surface area contributed by atoms with Gasteiger partial charge in [-0.1, -0.05) is 11.6 Å². The van der Waals surface area contributed by atoms with E-state index in [1.54, 1.807) is 18.3 Å². The lowest BCUT2D eigenvalue weighted by Gasteiger charge is -2.09. The van der Waals surface area contributed by atoms with Gasteiger partial charge in [0, 0.05) is 24.0 Å². The molecule has 0 saturated heterocycles. The van der Waals surface area contributed by atoms with Crippen molar-refractivity contribution in [2.75, 3.05) is 5.32 Å². The highest BCUT2D eigenvalue weighted by Crippen LogP contribution is 2.37. The van der Waals surface area contributed by atoms with Crippen molar-refractivity contribution < 1.29 is 15.3 Å². The Morgan fingerprint density at radius 2 is 1.89 bits per heavy atom. The lowest BCUT2D eigenvalue weighted by atomic mass is 10.1. The zero-order chi connectivity index (χ0) is 13.1. The highest BCUT2D eigenvalue weighted by atomic mass is 35.5. The van der Waals surface area contributed by atoms with Crippen LogP contribution in [0.2, 0.25) is 5.15 Å². The van der Waals surface area contributed by atoms with E-state index in [1.165, 1.54) is 12.1 Å². The number of aromatic hydroxyl groups is 3. The summed E-state index contributed by atoms with van der Waals surface area (Å²) in [6.45, 7) is 0.278. The van der Waals surface area contributed by atoms with Crippen LogP contribution in [0.3, 0.4) is 0 Å². The van der Waals surface area contributed by atoms with Crippen LogP contribution >= 0.6 is 11.6 Å². The summed E-state index contributed by atoms with van der Waals surface area (Å²) in [6.07, 6.45) is 1.55. The van der Waals surface area contributed by atoms with E-state index in [9.17, 15) is 15.3 Å². The SMILES string of the molecule is Oc1ccc(CNc2ccnc(Cl)c2)c(O)c1O. The Morgan fingerprint density at radius 1 is 1.11 bits per heavy atom. The number of anilines is 1. The van der Waals surface area contributed by atoms with E-state index >= 15 is 0 Å². The normalized spacial score (nSPS) is 10.3. The second-order valence-electron chi connectivity index (χ2n) is 3.66. The molecule has 0 spiro atoms. The standard InChI is InChI=1S/C12H11ClN2O3/c13-10-5-8(3-4-14-10)15-6-7-1-2-9(16)12(18)11(7)17/h1-5,16-18H,6H2,(H,14,15). The van der Waals surface area contributed by atoms with Crippen molar-refractivity contribution >= 4 is 17.3 Å². The molecule has 0 aliphatic carbocycles. The molecule has 0 amide bonds. The predicted octanol–water partition coefficient (Wildman–Crippen LogP) is 2.46. The minimum atomic E-state index is -0.526. The van der Waals surface area contributed by atoms with E-state index in [0.29, 0.717) is 10.7 Å². The Balaban J connectivity index is 2.14. The molecule has 1 aromatic heterocycles. The lowest BCUT2D eigenvalue weighted by molar-refractivity contribution is 0.365. The largest absolute Gasteiger partial charge is 0.504 e. The fourth-order valence-electron chi connectivity index (χ4n) is 1.46. The molecule has 0 aliphatic heterocycles. The number of benzene rings is 1. The minimum Gasteiger partial charge on any atom is -0.504 e. The van der Waals surface area contributed by atoms with Crippen molar-refractivity contribution in [3.05, 3.63) is 41.2 Å². The van der Waals surface area contributed by atoms with E-state index in [1.807, 2.05) is 0 Å². The maximum atomic E-state index is 9.62. The molecule has 0 saturated carbocycles. The van der Waals surface area contributed by atoms with Crippen molar-refractivity contribution in [2.45, 2.75) is 6.54 Å². The number of hydrogen-bond donors (Lipinski definition) is 4. The molecule has 18 heavy (non-hydrogen) atoms. The van der Waals surface area contributed by atoms with Crippen LogP contribution in [0.15, 0.2) is 30.5 Å². The van der Waals surface area contributed by atoms with Crippen LogP contribution in [0.5, 0.6) is 17.2 Å². The average molecular weight is 267 g/mol. The molecule has 0 unspecified atom stereocenters. The predicted molar refractivity (Wildman–Crippen MR) is 68.0 cm³/mol. The Morgan fingerprint density at radius 3 is 2.61 bits per heavy atom. The van der Waals surface area contributed by atoms with Gasteiger partial charge in [-0.25, -0.2) is 4.98 Å². The molecule has 6 heteroatoms. The summed E-state index contributed by atoms with van der Waals surface area (Å²) >= 11 is 5.73. The van der Waals surface area contributed by atoms with Crippen molar-refractivity contribution in [3.8, 4) is 17.2 Å². The molecule has 2 aromatic rings. The van der Waals surface area contributed by atoms with Gasteiger partial charge in [0.2, 0.25) is 5.75 Å². The Bertz CT molecular complexity index is 575. The van der Waals surface area contributed by atoms with Gasteiger partial charge in [-0.3, -0.25) is 0 Å². The number of pyridine rings is 1. The third-order valence-corrected chi connectivity index (χ3v) is 2.63. The first-order valence-electron chi connectivity index (χ1n) is 5.16. The first kappa shape index (κ1) is 12.3. The summed E-state index contributed by atoms with van der Waals surface area (Å²) in [5.41, 5.74) is 1.19. The number of nitrogens with one attached hydrogen (secondary N) is 1. The summed E-state index contributed by atoms with van der Waals surface area (Å²) in [5, 5.41) is 31.6. The molecular formula is C12H11ClN2O3. The topological polar surface area (TPSA) is 85.6 Å². The Hall–Kier alpha value is -2.14. The Kier molecular flexibility index (Phi) is 3.43. The monoisotopic (exact) mass is 266 g/mol. The van der Waals surface area contributed by atoms with Crippen LogP contribution in [0.25, 0.3) is 0 Å². The van der Waals surface area contributed by atoms with Gasteiger partial charge in [0.25, 0.3) is 0 Å². The van der Waals surface area contributed by atoms with Crippen molar-refractivity contribution in [1.29, 1.82) is 0 Å². The maximum absolute atomic E-state index is 9.62. The summed E-state index contributed by atoms with van der Waals surface area (Å²) in [4.78, 5) is 3.84. The van der Waals surface area contributed by atoms with Gasteiger partial charge >= 0.3 is 0 Å². The molecule has 0 atom stereocenters. The molecule has 0 fully saturated rings. The van der Waals surface area contributed by atoms with Gasteiger partial charge in [-0.2, -0.15) is 0 Å². The maximum Gasteiger partial charge on any atom is 0.200 e. The fraction of sp³-hybridized carbons (Fsp3) is 0.0833. The highest BCUT2D eigenvalue weighted by molar-refractivity contribution is 6.29. The zero-order valence-electron chi connectivity index (χ0n) is 9.26. The molecule has 0 radical (unpaired) electrons. The summed E-state index contributed by atoms with van der Waals surface area (Å²) in [6, 6.07) is 6.19. The molecule has 0 aliphatic rings. The van der Waals surface area contributed by atoms with E-state index in [2.05, 4.69) is 10.3 Å². The van der Waals surface area contributed by atoms with Crippen molar-refractivity contribution in [3.63, 3.8) is 0 Å². The smallest absolute Gasteiger partial charge is 0.200 e. The van der Waals surface area contributed by atoms with Gasteiger partial charge in [0.05, 0.1) is 0 Å². The molecule has 94 valence electrons. The van der Waals surface area contributed by atoms with E-state index in [0.717, 1.165) is 5.69 Å². The van der Waals surface area contributed by atoms with Crippen LogP contribution in [0.4, 0.5) is 5.69 Å². The second-order valence-corrected chi connectivity index (χ2v) is 4.05. The number of rotatable bonds is 3. The first-order chi connectivity index (χ1) is 8.58. The van der Waals surface area contributed by atoms with Crippen LogP contribution in [0.1, 0.15) is 5.56 Å². The summed E-state index contributed by atoms with van der Waals surface area (Å²) in [5.74, 6) is -1.23. The van der Waals surface area contributed by atoms with Gasteiger partial charge < -0.3 is 20.6 Å². The van der Waals surface area contributed by atoms with Crippen molar-refractivity contribution in [1.82, 2.24) is 4.98 Å². The first-order valence-corrected chi connectivity index (χ1v) is 5.54. The van der Waals surface area contributed by atoms with Crippen LogP contribution in [-0.2, 0) is 6.54 Å². The quantitative estimate of drug-likeness (QED) is 0.506. The number of halogens is 1. The third kappa shape index (κ3) is 2.57. The molecular weight excluding hydrogens is 256 g/mol. The number of aromatic nitrogens is 1. The zero-order valence-corrected chi connectivity index (χ0v) is 10.0. The number of phenolic OH excluding ortho intramolecular Hbond substituents is 3. The number of hydrogen-bond acceptors (Lipinski definition) is 5. The average Bonchev–Trinajstić information content (AvgIpc) is 2.35. The third-order valence-electron chi connectivity index (χ3n) is 2.42. The molecule has 4 N–H and O–H groups in total. The van der Waals surface area contributed by atoms with E-state index in [-0.39, 0.29) is 18.0 Å². The Labute approximate surface area is 108 Å². The van der Waals surface area contributed by atoms with Gasteiger partial charge in [-0.05, 0) is 24.3 Å². The van der Waals surface area contributed by atoms with Gasteiger partial charge in [-0.15, -0.1) is 0 Å². The lowest BCUT2D eigenvalue weighted by Crippen LogP contribution is -1.99. The van der Waals surface area contributed by atoms with Crippen LogP contribution < -0.4 is 5.32 Å². The van der Waals surface area contributed by atoms with Crippen molar-refractivity contribution in [2.24, 2.45) is 0 Å². The fourth-order valence-corrected chi connectivity index (χ4v) is 1.64. The summed E-state index contributed by atoms with van der Waals surface area (Å²) < 4.78 is 0. The molecule has 1 aromatic carbocycles.